The predicted octanol–water partition coefficient (Wildman–Crippen LogP) is 1.59. The first-order chi connectivity index (χ1) is 6.97. The summed E-state index contributed by atoms with van der Waals surface area (Å²) in [5, 5.41) is 0. The van der Waals surface area contributed by atoms with Crippen LogP contribution in [0, 0.1) is 0 Å². The van der Waals surface area contributed by atoms with Gasteiger partial charge < -0.3 is 10.5 Å². The molecule has 1 aromatic rings. The molecular weight excluding hydrogens is 194 g/mol. The van der Waals surface area contributed by atoms with Gasteiger partial charge in [-0.3, -0.25) is 4.79 Å². The van der Waals surface area contributed by atoms with Crippen LogP contribution in [0.2, 0.25) is 0 Å². The number of primary amides is 1. The molecule has 0 spiro atoms. The number of hydrogen-bond acceptors (Lipinski definition) is 3. The maximum Gasteiger partial charge on any atom is 0.405 e. The zero-order valence-corrected chi connectivity index (χ0v) is 8.69. The molecule has 0 aliphatic heterocycles. The normalized spacial score (nSPS) is 14.0. The van der Waals surface area contributed by atoms with Crippen LogP contribution in [0.3, 0.4) is 0 Å². The van der Waals surface area contributed by atoms with Gasteiger partial charge in [-0.1, -0.05) is 30.3 Å². The second-order valence-corrected chi connectivity index (χ2v) is 3.38. The van der Waals surface area contributed by atoms with E-state index in [0.29, 0.717) is 5.56 Å². The van der Waals surface area contributed by atoms with Crippen molar-refractivity contribution in [1.29, 1.82) is 0 Å². The first kappa shape index (κ1) is 11.2. The number of rotatable bonds is 3. The first-order valence-corrected chi connectivity index (χ1v) is 4.52. The maximum absolute atomic E-state index is 11.5. The largest absolute Gasteiger partial charge is 0.430 e. The molecule has 80 valence electrons. The fourth-order valence-corrected chi connectivity index (χ4v) is 1.29. The molecule has 1 rings (SSSR count). The lowest BCUT2D eigenvalue weighted by Gasteiger charge is -2.26. The summed E-state index contributed by atoms with van der Waals surface area (Å²) >= 11 is 0. The van der Waals surface area contributed by atoms with E-state index in [1.54, 1.807) is 24.3 Å². The van der Waals surface area contributed by atoms with Crippen LogP contribution in [0.1, 0.15) is 19.4 Å². The molecule has 1 atom stereocenters. The molecule has 15 heavy (non-hydrogen) atoms. The number of amides is 1. The number of carbonyl (C=O) groups excluding carboxylic acids is 2. The summed E-state index contributed by atoms with van der Waals surface area (Å²) in [5.74, 6) is -0.271. The lowest BCUT2D eigenvalue weighted by molar-refractivity contribution is -0.134. The molecule has 4 nitrogen and oxygen atoms in total. The molecule has 1 aromatic carbocycles. The average Bonchev–Trinajstić information content (AvgIpc) is 2.17. The van der Waals surface area contributed by atoms with E-state index in [9.17, 15) is 9.59 Å². The van der Waals surface area contributed by atoms with E-state index in [-0.39, 0.29) is 5.78 Å². The van der Waals surface area contributed by atoms with Gasteiger partial charge in [0, 0.05) is 5.56 Å². The number of ketones is 1. The molecule has 0 saturated heterocycles. The molecule has 2 N–H and O–H groups in total. The Morgan fingerprint density at radius 3 is 2.20 bits per heavy atom. The van der Waals surface area contributed by atoms with Crippen molar-refractivity contribution in [3.63, 3.8) is 0 Å². The van der Waals surface area contributed by atoms with E-state index in [0.717, 1.165) is 0 Å². The summed E-state index contributed by atoms with van der Waals surface area (Å²) in [7, 11) is 0. The summed E-state index contributed by atoms with van der Waals surface area (Å²) < 4.78 is 4.87. The van der Waals surface area contributed by atoms with Gasteiger partial charge in [0.2, 0.25) is 0 Å². The predicted molar refractivity (Wildman–Crippen MR) is 55.1 cm³/mol. The van der Waals surface area contributed by atoms with E-state index >= 15 is 0 Å². The van der Waals surface area contributed by atoms with Crippen molar-refractivity contribution in [3.05, 3.63) is 35.9 Å². The minimum Gasteiger partial charge on any atom is -0.430 e. The highest BCUT2D eigenvalue weighted by molar-refractivity contribution is 5.88. The van der Waals surface area contributed by atoms with E-state index in [4.69, 9.17) is 10.5 Å². The quantitative estimate of drug-likeness (QED) is 0.818. The molecule has 0 aliphatic rings. The number of ether oxygens (including phenoxy) is 1. The molecule has 1 unspecified atom stereocenters. The third kappa shape index (κ3) is 2.34. The summed E-state index contributed by atoms with van der Waals surface area (Å²) in [6.45, 7) is 2.88. The Balaban J connectivity index is 3.13. The van der Waals surface area contributed by atoms with Crippen LogP contribution >= 0.6 is 0 Å². The van der Waals surface area contributed by atoms with Crippen LogP contribution < -0.4 is 5.73 Å². The van der Waals surface area contributed by atoms with Gasteiger partial charge >= 0.3 is 6.09 Å². The zero-order chi connectivity index (χ0) is 11.5. The van der Waals surface area contributed by atoms with Crippen molar-refractivity contribution >= 4 is 11.9 Å². The summed E-state index contributed by atoms with van der Waals surface area (Å²) in [6.07, 6.45) is -0.962. The Bertz CT molecular complexity index is 375. The Morgan fingerprint density at radius 1 is 1.27 bits per heavy atom. The molecule has 0 aliphatic carbocycles. The highest BCUT2D eigenvalue weighted by Crippen LogP contribution is 2.26. The molecule has 4 heteroatoms. The third-order valence-electron chi connectivity index (χ3n) is 2.30. The SMILES string of the molecule is CC(=O)C(C)(OC(N)=O)c1ccccc1. The molecule has 0 bridgehead atoms. The number of benzene rings is 1. The minimum atomic E-state index is -1.30. The second kappa shape index (κ2) is 4.13. The molecule has 0 saturated carbocycles. The standard InChI is InChI=1S/C11H13NO3/c1-8(13)11(2,15-10(12)14)9-6-4-3-5-7-9/h3-7H,1-2H3,(H2,12,14). The van der Waals surface area contributed by atoms with Crippen LogP contribution in [0.25, 0.3) is 0 Å². The third-order valence-corrected chi connectivity index (χ3v) is 2.30. The van der Waals surface area contributed by atoms with Crippen LogP contribution in [-0.4, -0.2) is 11.9 Å². The number of nitrogens with two attached hydrogens (primary N) is 1. The number of Topliss-reactive ketones (excluding diaryl/α,β-unsaturated/α-hetero) is 1. The highest BCUT2D eigenvalue weighted by atomic mass is 16.6. The molecule has 0 aromatic heterocycles. The van der Waals surface area contributed by atoms with Crippen molar-refractivity contribution in [2.75, 3.05) is 0 Å². The topological polar surface area (TPSA) is 69.4 Å². The Kier molecular flexibility index (Phi) is 3.09. The Labute approximate surface area is 88.0 Å². The summed E-state index contributed by atoms with van der Waals surface area (Å²) in [5.41, 5.74) is 4.25. The van der Waals surface area contributed by atoms with Gasteiger partial charge in [-0.15, -0.1) is 0 Å². The van der Waals surface area contributed by atoms with Gasteiger partial charge in [0.05, 0.1) is 0 Å². The minimum absolute atomic E-state index is 0.271. The fraction of sp³-hybridized carbons (Fsp3) is 0.273. The zero-order valence-electron chi connectivity index (χ0n) is 8.69. The number of carbonyl (C=O) groups is 2. The lowest BCUT2D eigenvalue weighted by atomic mass is 9.92. The first-order valence-electron chi connectivity index (χ1n) is 4.52. The van der Waals surface area contributed by atoms with Gasteiger partial charge in [0.25, 0.3) is 0 Å². The smallest absolute Gasteiger partial charge is 0.405 e. The van der Waals surface area contributed by atoms with E-state index in [2.05, 4.69) is 0 Å². The number of hydrogen-bond donors (Lipinski definition) is 1. The Morgan fingerprint density at radius 2 is 1.80 bits per heavy atom. The van der Waals surface area contributed by atoms with Gasteiger partial charge in [-0.05, 0) is 13.8 Å². The monoisotopic (exact) mass is 207 g/mol. The van der Waals surface area contributed by atoms with Gasteiger partial charge in [0.15, 0.2) is 11.4 Å². The molecule has 0 radical (unpaired) electrons. The van der Waals surface area contributed by atoms with E-state index in [1.165, 1.54) is 13.8 Å². The van der Waals surface area contributed by atoms with E-state index in [1.807, 2.05) is 6.07 Å². The van der Waals surface area contributed by atoms with Crippen LogP contribution in [0.15, 0.2) is 30.3 Å². The summed E-state index contributed by atoms with van der Waals surface area (Å²) in [6, 6.07) is 8.77. The highest BCUT2D eigenvalue weighted by Gasteiger charge is 2.35. The maximum atomic E-state index is 11.5. The van der Waals surface area contributed by atoms with Gasteiger partial charge in [-0.2, -0.15) is 0 Å². The molecular formula is C11H13NO3. The van der Waals surface area contributed by atoms with Crippen molar-refractivity contribution < 1.29 is 14.3 Å². The van der Waals surface area contributed by atoms with Crippen molar-refractivity contribution in [2.45, 2.75) is 19.4 Å². The summed E-state index contributed by atoms with van der Waals surface area (Å²) in [4.78, 5) is 22.2. The second-order valence-electron chi connectivity index (χ2n) is 3.38. The van der Waals surface area contributed by atoms with Crippen LogP contribution in [-0.2, 0) is 15.1 Å². The molecule has 1 amide bonds. The van der Waals surface area contributed by atoms with Gasteiger partial charge in [-0.25, -0.2) is 4.79 Å². The van der Waals surface area contributed by atoms with Crippen molar-refractivity contribution in [2.24, 2.45) is 5.73 Å². The average molecular weight is 207 g/mol. The van der Waals surface area contributed by atoms with Crippen LogP contribution in [0.4, 0.5) is 4.79 Å². The Hall–Kier alpha value is -1.84. The van der Waals surface area contributed by atoms with Gasteiger partial charge in [0.1, 0.15) is 0 Å². The van der Waals surface area contributed by atoms with E-state index < -0.39 is 11.7 Å². The molecule has 0 heterocycles. The molecule has 0 fully saturated rings. The lowest BCUT2D eigenvalue weighted by Crippen LogP contribution is -2.38. The van der Waals surface area contributed by atoms with Crippen molar-refractivity contribution in [1.82, 2.24) is 0 Å². The van der Waals surface area contributed by atoms with Crippen molar-refractivity contribution in [3.8, 4) is 0 Å². The fourth-order valence-electron chi connectivity index (χ4n) is 1.29. The van der Waals surface area contributed by atoms with Crippen LogP contribution in [0.5, 0.6) is 0 Å².